The van der Waals surface area contributed by atoms with Crippen LogP contribution in [0.4, 0.5) is 5.69 Å². The first-order valence-electron chi connectivity index (χ1n) is 7.31. The van der Waals surface area contributed by atoms with Crippen molar-refractivity contribution in [2.45, 2.75) is 38.5 Å². The Labute approximate surface area is 142 Å². The van der Waals surface area contributed by atoms with E-state index >= 15 is 0 Å². The van der Waals surface area contributed by atoms with Crippen molar-refractivity contribution in [3.05, 3.63) is 57.7 Å². The molecule has 0 heterocycles. The fourth-order valence-corrected chi connectivity index (χ4v) is 2.54. The van der Waals surface area contributed by atoms with E-state index in [-0.39, 0.29) is 10.6 Å². The molecule has 1 aromatic carbocycles. The first kappa shape index (κ1) is 19.6. The van der Waals surface area contributed by atoms with E-state index in [9.17, 15) is 18.5 Å². The van der Waals surface area contributed by atoms with Crippen molar-refractivity contribution in [3.8, 4) is 0 Å². The molecule has 24 heavy (non-hydrogen) atoms. The third-order valence-corrected chi connectivity index (χ3v) is 4.29. The molecule has 0 atom stereocenters. The molecule has 1 rings (SSSR count). The van der Waals surface area contributed by atoms with Crippen molar-refractivity contribution in [2.24, 2.45) is 5.10 Å². The zero-order chi connectivity index (χ0) is 18.2. The van der Waals surface area contributed by atoms with E-state index < -0.39 is 14.9 Å². The van der Waals surface area contributed by atoms with Gasteiger partial charge in [0.2, 0.25) is 0 Å². The van der Waals surface area contributed by atoms with Crippen molar-refractivity contribution in [1.29, 1.82) is 0 Å². The Morgan fingerprint density at radius 3 is 2.42 bits per heavy atom. The SMILES string of the molecule is CC(C)=CCC/C(C)=C/C=N\NS(=O)(=O)c1ccc([N+](=O)[O-])cc1. The van der Waals surface area contributed by atoms with Gasteiger partial charge in [-0.05, 0) is 51.8 Å². The molecule has 0 saturated heterocycles. The largest absolute Gasteiger partial charge is 0.276 e. The molecule has 0 spiro atoms. The molecule has 8 heteroatoms. The molecule has 0 radical (unpaired) electrons. The number of sulfonamides is 1. The van der Waals surface area contributed by atoms with Gasteiger partial charge in [0.15, 0.2) is 0 Å². The Morgan fingerprint density at radius 1 is 1.25 bits per heavy atom. The van der Waals surface area contributed by atoms with Crippen molar-refractivity contribution in [1.82, 2.24) is 4.83 Å². The zero-order valence-electron chi connectivity index (χ0n) is 13.9. The maximum Gasteiger partial charge on any atom is 0.276 e. The van der Waals surface area contributed by atoms with Crippen molar-refractivity contribution < 1.29 is 13.3 Å². The molecular weight excluding hydrogens is 330 g/mol. The smallest absolute Gasteiger partial charge is 0.258 e. The fourth-order valence-electron chi connectivity index (χ4n) is 1.74. The summed E-state index contributed by atoms with van der Waals surface area (Å²) in [7, 11) is -3.84. The summed E-state index contributed by atoms with van der Waals surface area (Å²) in [5.74, 6) is 0. The predicted molar refractivity (Wildman–Crippen MR) is 94.3 cm³/mol. The van der Waals surface area contributed by atoms with Crippen LogP contribution in [0.3, 0.4) is 0 Å². The first-order chi connectivity index (χ1) is 11.2. The molecule has 0 amide bonds. The number of non-ortho nitro benzene ring substituents is 1. The molecule has 1 N–H and O–H groups in total. The number of nitro benzene ring substituents is 1. The number of hydrazone groups is 1. The maximum atomic E-state index is 12.0. The predicted octanol–water partition coefficient (Wildman–Crippen LogP) is 3.55. The summed E-state index contributed by atoms with van der Waals surface area (Å²) in [4.78, 5) is 11.9. The Bertz CT molecular complexity index is 759. The highest BCUT2D eigenvalue weighted by atomic mass is 32.2. The van der Waals surface area contributed by atoms with E-state index in [1.165, 1.54) is 11.8 Å². The quantitative estimate of drug-likeness (QED) is 0.335. The van der Waals surface area contributed by atoms with Gasteiger partial charge in [0.1, 0.15) is 0 Å². The first-order valence-corrected chi connectivity index (χ1v) is 8.79. The summed E-state index contributed by atoms with van der Waals surface area (Å²) in [6, 6.07) is 4.59. The van der Waals surface area contributed by atoms with Crippen LogP contribution in [-0.4, -0.2) is 19.6 Å². The number of rotatable bonds is 8. The standard InChI is InChI=1S/C16H21N3O4S/c1-13(2)5-4-6-14(3)11-12-17-18-24(22,23)16-9-7-15(8-10-16)19(20)21/h5,7-12,18H,4,6H2,1-3H3/b14-11+,17-12-. The average molecular weight is 351 g/mol. The van der Waals surface area contributed by atoms with Gasteiger partial charge in [-0.2, -0.15) is 13.5 Å². The van der Waals surface area contributed by atoms with E-state index in [4.69, 9.17) is 0 Å². The Hall–Kier alpha value is -2.48. The molecule has 1 aromatic rings. The molecular formula is C16H21N3O4S. The molecule has 0 aliphatic carbocycles. The highest BCUT2D eigenvalue weighted by molar-refractivity contribution is 7.89. The second kappa shape index (κ2) is 8.97. The van der Waals surface area contributed by atoms with Gasteiger partial charge in [0.25, 0.3) is 15.7 Å². The summed E-state index contributed by atoms with van der Waals surface area (Å²) in [5, 5.41) is 14.2. The molecule has 0 unspecified atom stereocenters. The van der Waals surface area contributed by atoms with E-state index in [1.54, 1.807) is 6.08 Å². The van der Waals surface area contributed by atoms with Crippen LogP contribution >= 0.6 is 0 Å². The second-order valence-electron chi connectivity index (χ2n) is 5.46. The van der Waals surface area contributed by atoms with Gasteiger partial charge in [-0.3, -0.25) is 10.1 Å². The van der Waals surface area contributed by atoms with Gasteiger partial charge in [-0.1, -0.05) is 17.2 Å². The van der Waals surface area contributed by atoms with E-state index in [0.29, 0.717) is 0 Å². The minimum absolute atomic E-state index is 0.0884. The van der Waals surface area contributed by atoms with Gasteiger partial charge in [-0.15, -0.1) is 0 Å². The molecule has 7 nitrogen and oxygen atoms in total. The lowest BCUT2D eigenvalue weighted by atomic mass is 10.1. The van der Waals surface area contributed by atoms with E-state index in [1.807, 2.05) is 20.8 Å². The van der Waals surface area contributed by atoms with Crippen LogP contribution in [0.2, 0.25) is 0 Å². The number of nitrogens with zero attached hydrogens (tertiary/aromatic N) is 2. The monoisotopic (exact) mass is 351 g/mol. The number of hydrogen-bond donors (Lipinski definition) is 1. The molecule has 0 saturated carbocycles. The topological polar surface area (TPSA) is 102 Å². The van der Waals surface area contributed by atoms with Gasteiger partial charge < -0.3 is 0 Å². The number of nitro groups is 1. The minimum atomic E-state index is -3.84. The number of hydrogen-bond acceptors (Lipinski definition) is 5. The molecule has 0 aliphatic rings. The van der Waals surface area contributed by atoms with Gasteiger partial charge in [0.05, 0.1) is 9.82 Å². The van der Waals surface area contributed by atoms with Crippen molar-refractivity contribution in [3.63, 3.8) is 0 Å². The third kappa shape index (κ3) is 6.74. The number of nitrogens with one attached hydrogen (secondary N) is 1. The molecule has 0 bridgehead atoms. The number of allylic oxidation sites excluding steroid dienone is 4. The summed E-state index contributed by atoms with van der Waals surface area (Å²) in [6.07, 6.45) is 7.03. The summed E-state index contributed by atoms with van der Waals surface area (Å²) < 4.78 is 24.0. The molecule has 130 valence electrons. The van der Waals surface area contributed by atoms with Crippen LogP contribution in [0, 0.1) is 10.1 Å². The zero-order valence-corrected chi connectivity index (χ0v) is 14.7. The average Bonchev–Trinajstić information content (AvgIpc) is 2.51. The van der Waals surface area contributed by atoms with Crippen LogP contribution in [0.5, 0.6) is 0 Å². The van der Waals surface area contributed by atoms with E-state index in [2.05, 4.69) is 16.0 Å². The lowest BCUT2D eigenvalue weighted by Gasteiger charge is -2.02. The minimum Gasteiger partial charge on any atom is -0.258 e. The van der Waals surface area contributed by atoms with Crippen LogP contribution in [0.25, 0.3) is 0 Å². The van der Waals surface area contributed by atoms with Crippen molar-refractivity contribution in [2.75, 3.05) is 0 Å². The lowest BCUT2D eigenvalue weighted by molar-refractivity contribution is -0.384. The van der Waals surface area contributed by atoms with Gasteiger partial charge in [-0.25, -0.2) is 4.83 Å². The normalized spacial score (nSPS) is 12.2. The second-order valence-corrected chi connectivity index (χ2v) is 7.12. The maximum absolute atomic E-state index is 12.0. The summed E-state index contributed by atoms with van der Waals surface area (Å²) in [5.41, 5.74) is 2.16. The molecule has 0 aromatic heterocycles. The highest BCUT2D eigenvalue weighted by Crippen LogP contribution is 2.15. The van der Waals surface area contributed by atoms with E-state index in [0.717, 1.165) is 42.7 Å². The van der Waals surface area contributed by atoms with Gasteiger partial charge in [0, 0.05) is 18.3 Å². The van der Waals surface area contributed by atoms with Gasteiger partial charge >= 0.3 is 0 Å². The Morgan fingerprint density at radius 2 is 1.88 bits per heavy atom. The van der Waals surface area contributed by atoms with Crippen LogP contribution in [0.15, 0.2) is 57.6 Å². The van der Waals surface area contributed by atoms with Crippen LogP contribution in [-0.2, 0) is 10.0 Å². The fraction of sp³-hybridized carbons (Fsp3) is 0.312. The third-order valence-electron chi connectivity index (χ3n) is 3.06. The van der Waals surface area contributed by atoms with Crippen LogP contribution < -0.4 is 4.83 Å². The summed E-state index contributed by atoms with van der Waals surface area (Å²) >= 11 is 0. The lowest BCUT2D eigenvalue weighted by Crippen LogP contribution is -2.18. The molecule has 0 fully saturated rings. The number of benzene rings is 1. The Balaban J connectivity index is 2.64. The molecule has 0 aliphatic heterocycles. The van der Waals surface area contributed by atoms with Crippen molar-refractivity contribution >= 4 is 21.9 Å². The highest BCUT2D eigenvalue weighted by Gasteiger charge is 2.14. The van der Waals surface area contributed by atoms with Crippen LogP contribution in [0.1, 0.15) is 33.6 Å². The Kier molecular flexibility index (Phi) is 7.31. The summed E-state index contributed by atoms with van der Waals surface area (Å²) in [6.45, 7) is 6.01.